The molecule has 0 aliphatic carbocycles. The lowest BCUT2D eigenvalue weighted by molar-refractivity contribution is 0.0691. The summed E-state index contributed by atoms with van der Waals surface area (Å²) in [4.78, 5) is 14.9. The number of aryl methyl sites for hydroxylation is 1. The summed E-state index contributed by atoms with van der Waals surface area (Å²) in [5.41, 5.74) is 1.70. The summed E-state index contributed by atoms with van der Waals surface area (Å²) in [7, 11) is 0. The average Bonchev–Trinajstić information content (AvgIpc) is 2.41. The van der Waals surface area contributed by atoms with Gasteiger partial charge in [0.2, 0.25) is 0 Å². The number of carbonyl (C=O) groups is 1. The number of piperidine rings is 1. The molecule has 0 saturated carbocycles. The molecule has 0 radical (unpaired) electrons. The molecule has 0 N–H and O–H groups in total. The Morgan fingerprint density at radius 1 is 1.42 bits per heavy atom. The van der Waals surface area contributed by atoms with Crippen molar-refractivity contribution in [3.8, 4) is 0 Å². The van der Waals surface area contributed by atoms with E-state index < -0.39 is 0 Å². The smallest absolute Gasteiger partial charge is 0.253 e. The molecule has 1 aromatic rings. The highest BCUT2D eigenvalue weighted by Crippen LogP contribution is 2.26. The third-order valence-corrected chi connectivity index (χ3v) is 5.05. The topological polar surface area (TPSA) is 20.3 Å². The Hall–Kier alpha value is -0.540. The molecule has 1 fully saturated rings. The maximum Gasteiger partial charge on any atom is 0.253 e. The van der Waals surface area contributed by atoms with Crippen LogP contribution >= 0.6 is 27.5 Å². The van der Waals surface area contributed by atoms with E-state index in [-0.39, 0.29) is 5.91 Å². The van der Waals surface area contributed by atoms with Crippen LogP contribution in [0.2, 0.25) is 5.02 Å². The van der Waals surface area contributed by atoms with Crippen LogP contribution in [0.1, 0.15) is 35.7 Å². The number of hydrogen-bond donors (Lipinski definition) is 0. The lowest BCUT2D eigenvalue weighted by Gasteiger charge is -2.33. The van der Waals surface area contributed by atoms with Crippen molar-refractivity contribution < 1.29 is 4.79 Å². The minimum Gasteiger partial charge on any atom is -0.339 e. The van der Waals surface area contributed by atoms with Crippen LogP contribution in [-0.2, 0) is 0 Å². The second-order valence-corrected chi connectivity index (χ2v) is 7.12. The number of nitrogens with zero attached hydrogens (tertiary/aromatic N) is 1. The van der Waals surface area contributed by atoms with Gasteiger partial charge in [-0.05, 0) is 43.4 Å². The Morgan fingerprint density at radius 2 is 2.05 bits per heavy atom. The summed E-state index contributed by atoms with van der Waals surface area (Å²) in [5.74, 6) is 0.772. The van der Waals surface area contributed by atoms with Gasteiger partial charge in [0.15, 0.2) is 0 Å². The fourth-order valence-corrected chi connectivity index (χ4v) is 3.18. The molecule has 0 aromatic heterocycles. The van der Waals surface area contributed by atoms with Gasteiger partial charge in [-0.1, -0.05) is 40.5 Å². The quantitative estimate of drug-likeness (QED) is 0.733. The standard InChI is InChI=1S/C15H19BrClNO/c1-10-3-4-13(9-14(10)17)15(19)18-7-5-12(6-8-18)11(2)16/h3-4,9,11-12H,5-8H2,1-2H3. The van der Waals surface area contributed by atoms with Crippen LogP contribution in [0.5, 0.6) is 0 Å². The maximum atomic E-state index is 12.4. The second-order valence-electron chi connectivity index (χ2n) is 5.27. The summed E-state index contributed by atoms with van der Waals surface area (Å²) in [6.07, 6.45) is 2.13. The molecule has 19 heavy (non-hydrogen) atoms. The van der Waals surface area contributed by atoms with E-state index >= 15 is 0 Å². The summed E-state index contributed by atoms with van der Waals surface area (Å²) in [6, 6.07) is 5.55. The average molecular weight is 345 g/mol. The number of carbonyl (C=O) groups excluding carboxylic acids is 1. The third kappa shape index (κ3) is 3.51. The van der Waals surface area contributed by atoms with Crippen molar-refractivity contribution in [2.45, 2.75) is 31.5 Å². The van der Waals surface area contributed by atoms with Crippen molar-refractivity contribution in [2.75, 3.05) is 13.1 Å². The monoisotopic (exact) mass is 343 g/mol. The molecular weight excluding hydrogens is 326 g/mol. The Balaban J connectivity index is 2.03. The molecule has 104 valence electrons. The van der Waals surface area contributed by atoms with Crippen LogP contribution in [0.3, 0.4) is 0 Å². The van der Waals surface area contributed by atoms with Crippen LogP contribution in [0.25, 0.3) is 0 Å². The van der Waals surface area contributed by atoms with E-state index in [1.807, 2.05) is 24.0 Å². The highest BCUT2D eigenvalue weighted by molar-refractivity contribution is 9.09. The minimum absolute atomic E-state index is 0.0996. The first-order chi connectivity index (χ1) is 8.99. The zero-order valence-corrected chi connectivity index (χ0v) is 13.7. The number of likely N-dealkylation sites (tertiary alicyclic amines) is 1. The van der Waals surface area contributed by atoms with Gasteiger partial charge < -0.3 is 4.90 Å². The normalized spacial score (nSPS) is 18.4. The molecule has 1 atom stereocenters. The van der Waals surface area contributed by atoms with E-state index in [0.29, 0.717) is 21.3 Å². The van der Waals surface area contributed by atoms with Gasteiger partial charge in [-0.3, -0.25) is 4.79 Å². The highest BCUT2D eigenvalue weighted by Gasteiger charge is 2.25. The summed E-state index contributed by atoms with van der Waals surface area (Å²) >= 11 is 9.72. The third-order valence-electron chi connectivity index (χ3n) is 3.90. The lowest BCUT2D eigenvalue weighted by atomic mass is 9.94. The molecule has 1 aromatic carbocycles. The minimum atomic E-state index is 0.0996. The zero-order chi connectivity index (χ0) is 14.0. The fourth-order valence-electron chi connectivity index (χ4n) is 2.47. The first-order valence-electron chi connectivity index (χ1n) is 6.68. The predicted molar refractivity (Wildman–Crippen MR) is 83.2 cm³/mol. The summed E-state index contributed by atoms with van der Waals surface area (Å²) < 4.78 is 0. The molecule has 1 aliphatic heterocycles. The van der Waals surface area contributed by atoms with Crippen molar-refractivity contribution in [1.82, 2.24) is 4.90 Å². The number of rotatable bonds is 2. The number of amides is 1. The van der Waals surface area contributed by atoms with Gasteiger partial charge in [0.1, 0.15) is 0 Å². The fraction of sp³-hybridized carbons (Fsp3) is 0.533. The van der Waals surface area contributed by atoms with E-state index in [1.54, 1.807) is 6.07 Å². The first-order valence-corrected chi connectivity index (χ1v) is 7.98. The number of benzene rings is 1. The Kier molecular flexibility index (Phi) is 4.91. The maximum absolute atomic E-state index is 12.4. The van der Waals surface area contributed by atoms with Crippen LogP contribution in [-0.4, -0.2) is 28.7 Å². The number of halogens is 2. The van der Waals surface area contributed by atoms with Crippen molar-refractivity contribution in [1.29, 1.82) is 0 Å². The number of hydrogen-bond acceptors (Lipinski definition) is 1. The molecule has 1 heterocycles. The van der Waals surface area contributed by atoms with Gasteiger partial charge in [0.25, 0.3) is 5.91 Å². The molecule has 0 bridgehead atoms. The number of alkyl halides is 1. The van der Waals surface area contributed by atoms with Gasteiger partial charge in [-0.25, -0.2) is 0 Å². The van der Waals surface area contributed by atoms with Crippen molar-refractivity contribution in [2.24, 2.45) is 5.92 Å². The molecule has 2 rings (SSSR count). The lowest BCUT2D eigenvalue weighted by Crippen LogP contribution is -2.39. The van der Waals surface area contributed by atoms with Gasteiger partial charge in [-0.15, -0.1) is 0 Å². The molecule has 1 saturated heterocycles. The van der Waals surface area contributed by atoms with E-state index in [2.05, 4.69) is 22.9 Å². The Labute approximate surface area is 128 Å². The second kappa shape index (κ2) is 6.27. The van der Waals surface area contributed by atoms with Gasteiger partial charge in [0, 0.05) is 28.5 Å². The van der Waals surface area contributed by atoms with Crippen molar-refractivity contribution >= 4 is 33.4 Å². The van der Waals surface area contributed by atoms with Crippen LogP contribution < -0.4 is 0 Å². The van der Waals surface area contributed by atoms with Crippen LogP contribution in [0, 0.1) is 12.8 Å². The molecule has 2 nitrogen and oxygen atoms in total. The van der Waals surface area contributed by atoms with Crippen molar-refractivity contribution in [3.63, 3.8) is 0 Å². The molecule has 1 aliphatic rings. The van der Waals surface area contributed by atoms with E-state index in [9.17, 15) is 4.79 Å². The molecule has 0 spiro atoms. The first kappa shape index (κ1) is 14.9. The van der Waals surface area contributed by atoms with E-state index in [1.165, 1.54) is 0 Å². The Bertz CT molecular complexity index is 467. The predicted octanol–water partition coefficient (Wildman–Crippen LogP) is 4.28. The molecular formula is C15H19BrClNO. The van der Waals surface area contributed by atoms with E-state index in [4.69, 9.17) is 11.6 Å². The molecule has 1 unspecified atom stereocenters. The van der Waals surface area contributed by atoms with Gasteiger partial charge in [-0.2, -0.15) is 0 Å². The summed E-state index contributed by atoms with van der Waals surface area (Å²) in [6.45, 7) is 5.80. The van der Waals surface area contributed by atoms with Crippen LogP contribution in [0.4, 0.5) is 0 Å². The van der Waals surface area contributed by atoms with Crippen molar-refractivity contribution in [3.05, 3.63) is 34.3 Å². The largest absolute Gasteiger partial charge is 0.339 e. The molecule has 4 heteroatoms. The SMILES string of the molecule is Cc1ccc(C(=O)N2CCC(C(C)Br)CC2)cc1Cl. The van der Waals surface area contributed by atoms with Crippen LogP contribution in [0.15, 0.2) is 18.2 Å². The van der Waals surface area contributed by atoms with Gasteiger partial charge in [0.05, 0.1) is 0 Å². The summed E-state index contributed by atoms with van der Waals surface area (Å²) in [5, 5.41) is 0.662. The Morgan fingerprint density at radius 3 is 2.58 bits per heavy atom. The van der Waals surface area contributed by atoms with E-state index in [0.717, 1.165) is 31.5 Å². The zero-order valence-electron chi connectivity index (χ0n) is 11.3. The van der Waals surface area contributed by atoms with Gasteiger partial charge >= 0.3 is 0 Å². The molecule has 1 amide bonds. The highest BCUT2D eigenvalue weighted by atomic mass is 79.9.